The van der Waals surface area contributed by atoms with E-state index in [-0.39, 0.29) is 0 Å². The molecule has 4 heteroatoms. The molecule has 1 aromatic heterocycles. The van der Waals surface area contributed by atoms with Crippen LogP contribution in [-0.4, -0.2) is 17.8 Å². The summed E-state index contributed by atoms with van der Waals surface area (Å²) in [4.78, 5) is 15.2. The number of carbonyl (C=O) groups is 1. The summed E-state index contributed by atoms with van der Waals surface area (Å²) in [6.07, 6.45) is 9.45. The molecule has 1 heterocycles. The number of fused-ring (bicyclic) bond motifs is 2. The van der Waals surface area contributed by atoms with Crippen LogP contribution >= 0.6 is 11.6 Å². The van der Waals surface area contributed by atoms with Crippen molar-refractivity contribution in [2.45, 2.75) is 51.4 Å². The third-order valence-corrected chi connectivity index (χ3v) is 4.76. The first-order chi connectivity index (χ1) is 11.3. The van der Waals surface area contributed by atoms with E-state index < -0.39 is 0 Å². The van der Waals surface area contributed by atoms with Crippen molar-refractivity contribution in [1.82, 2.24) is 4.98 Å². The Morgan fingerprint density at radius 1 is 1.17 bits per heavy atom. The number of aldehydes is 1. The summed E-state index contributed by atoms with van der Waals surface area (Å²) in [5, 5.41) is 5.55. The predicted molar refractivity (Wildman–Crippen MR) is 96.4 cm³/mol. The van der Waals surface area contributed by atoms with E-state index >= 15 is 0 Å². The molecule has 0 spiro atoms. The number of pyridine rings is 1. The highest BCUT2D eigenvalue weighted by molar-refractivity contribution is 6.31. The van der Waals surface area contributed by atoms with Crippen LogP contribution in [0, 0.1) is 0 Å². The Hall–Kier alpha value is -1.61. The highest BCUT2D eigenvalue weighted by Crippen LogP contribution is 2.34. The van der Waals surface area contributed by atoms with E-state index in [2.05, 4.69) is 11.4 Å². The number of hydrogen-bond acceptors (Lipinski definition) is 3. The highest BCUT2D eigenvalue weighted by atomic mass is 35.5. The minimum atomic E-state index is 0.673. The average molecular weight is 331 g/mol. The Labute approximate surface area is 142 Å². The van der Waals surface area contributed by atoms with E-state index in [0.717, 1.165) is 55.5 Å². The molecule has 0 atom stereocenters. The first kappa shape index (κ1) is 16.3. The highest BCUT2D eigenvalue weighted by Gasteiger charge is 2.18. The average Bonchev–Trinajstić information content (AvgIpc) is 2.56. The Bertz CT molecular complexity index is 699. The van der Waals surface area contributed by atoms with Crippen molar-refractivity contribution in [2.24, 2.45) is 0 Å². The SMILES string of the molecule is O=CCCCCCNc1c2c(nc3cc(Cl)ccc13)CCCC2. The second kappa shape index (κ2) is 7.78. The van der Waals surface area contributed by atoms with Gasteiger partial charge in [0, 0.05) is 34.8 Å². The summed E-state index contributed by atoms with van der Waals surface area (Å²) < 4.78 is 0. The number of benzene rings is 1. The molecule has 2 aromatic rings. The maximum absolute atomic E-state index is 10.4. The fraction of sp³-hybridized carbons (Fsp3) is 0.474. The Morgan fingerprint density at radius 2 is 2.04 bits per heavy atom. The van der Waals surface area contributed by atoms with Crippen LogP contribution < -0.4 is 5.32 Å². The number of unbranched alkanes of at least 4 members (excludes halogenated alkanes) is 3. The molecule has 1 aliphatic carbocycles. The standard InChI is InChI=1S/C19H23ClN2O/c20-14-9-10-16-18(13-14)22-17-8-4-3-7-15(17)19(16)21-11-5-1-2-6-12-23/h9-10,12-13H,1-8,11H2,(H,21,22). The van der Waals surface area contributed by atoms with Crippen molar-refractivity contribution in [2.75, 3.05) is 11.9 Å². The molecular weight excluding hydrogens is 308 g/mol. The van der Waals surface area contributed by atoms with Gasteiger partial charge in [0.15, 0.2) is 0 Å². The number of anilines is 1. The second-order valence-electron chi connectivity index (χ2n) is 6.22. The molecule has 0 bridgehead atoms. The number of aryl methyl sites for hydroxylation is 1. The summed E-state index contributed by atoms with van der Waals surface area (Å²) in [7, 11) is 0. The Balaban J connectivity index is 1.83. The van der Waals surface area contributed by atoms with Gasteiger partial charge in [0.25, 0.3) is 0 Å². The summed E-state index contributed by atoms with van der Waals surface area (Å²) in [5.41, 5.74) is 4.85. The first-order valence-corrected chi connectivity index (χ1v) is 8.96. The van der Waals surface area contributed by atoms with E-state index in [9.17, 15) is 4.79 Å². The minimum Gasteiger partial charge on any atom is -0.384 e. The molecule has 3 nitrogen and oxygen atoms in total. The number of hydrogen-bond donors (Lipinski definition) is 1. The summed E-state index contributed by atoms with van der Waals surface area (Å²) >= 11 is 6.14. The molecule has 0 amide bonds. The molecule has 1 aliphatic rings. The first-order valence-electron chi connectivity index (χ1n) is 8.58. The molecule has 0 radical (unpaired) electrons. The van der Waals surface area contributed by atoms with Gasteiger partial charge in [-0.1, -0.05) is 18.0 Å². The summed E-state index contributed by atoms with van der Waals surface area (Å²) in [6.45, 7) is 0.938. The smallest absolute Gasteiger partial charge is 0.119 e. The van der Waals surface area contributed by atoms with Gasteiger partial charge in [0.1, 0.15) is 6.29 Å². The maximum Gasteiger partial charge on any atom is 0.119 e. The van der Waals surface area contributed by atoms with Crippen molar-refractivity contribution in [3.05, 3.63) is 34.5 Å². The van der Waals surface area contributed by atoms with Crippen LogP contribution in [0.1, 0.15) is 49.8 Å². The lowest BCUT2D eigenvalue weighted by atomic mass is 9.92. The third kappa shape index (κ3) is 3.84. The van der Waals surface area contributed by atoms with Crippen LogP contribution in [0.4, 0.5) is 5.69 Å². The molecule has 1 aromatic carbocycles. The molecule has 3 rings (SSSR count). The number of carbonyl (C=O) groups excluding carboxylic acids is 1. The van der Waals surface area contributed by atoms with Crippen LogP contribution in [-0.2, 0) is 17.6 Å². The molecule has 0 fully saturated rings. The molecule has 122 valence electrons. The van der Waals surface area contributed by atoms with Gasteiger partial charge in [-0.25, -0.2) is 0 Å². The molecule has 0 saturated carbocycles. The van der Waals surface area contributed by atoms with E-state index in [1.54, 1.807) is 0 Å². The van der Waals surface area contributed by atoms with E-state index in [4.69, 9.17) is 16.6 Å². The van der Waals surface area contributed by atoms with Crippen LogP contribution in [0.5, 0.6) is 0 Å². The quantitative estimate of drug-likeness (QED) is 0.577. The fourth-order valence-electron chi connectivity index (χ4n) is 3.34. The van der Waals surface area contributed by atoms with Crippen molar-refractivity contribution < 1.29 is 4.79 Å². The van der Waals surface area contributed by atoms with E-state index in [1.807, 2.05) is 12.1 Å². The van der Waals surface area contributed by atoms with Gasteiger partial charge in [0.05, 0.1) is 5.52 Å². The van der Waals surface area contributed by atoms with Gasteiger partial charge in [0.2, 0.25) is 0 Å². The second-order valence-corrected chi connectivity index (χ2v) is 6.66. The van der Waals surface area contributed by atoms with E-state index in [1.165, 1.54) is 35.2 Å². The van der Waals surface area contributed by atoms with Crippen molar-refractivity contribution in [1.29, 1.82) is 0 Å². The van der Waals surface area contributed by atoms with Gasteiger partial charge in [-0.2, -0.15) is 0 Å². The fourth-order valence-corrected chi connectivity index (χ4v) is 3.51. The topological polar surface area (TPSA) is 42.0 Å². The molecule has 0 unspecified atom stereocenters. The lowest BCUT2D eigenvalue weighted by Crippen LogP contribution is -2.12. The lowest BCUT2D eigenvalue weighted by molar-refractivity contribution is -0.107. The predicted octanol–water partition coefficient (Wildman–Crippen LogP) is 4.94. The number of nitrogens with zero attached hydrogens (tertiary/aromatic N) is 1. The third-order valence-electron chi connectivity index (χ3n) is 4.53. The summed E-state index contributed by atoms with van der Waals surface area (Å²) in [5.74, 6) is 0. The van der Waals surface area contributed by atoms with Crippen molar-refractivity contribution in [3.63, 3.8) is 0 Å². The summed E-state index contributed by atoms with van der Waals surface area (Å²) in [6, 6.07) is 5.98. The molecule has 1 N–H and O–H groups in total. The number of rotatable bonds is 7. The van der Waals surface area contributed by atoms with Crippen LogP contribution in [0.3, 0.4) is 0 Å². The van der Waals surface area contributed by atoms with Gasteiger partial charge in [-0.3, -0.25) is 4.98 Å². The van der Waals surface area contributed by atoms with Gasteiger partial charge in [-0.15, -0.1) is 0 Å². The van der Waals surface area contributed by atoms with E-state index in [0.29, 0.717) is 6.42 Å². The van der Waals surface area contributed by atoms with Crippen molar-refractivity contribution in [3.8, 4) is 0 Å². The molecule has 0 aliphatic heterocycles. The van der Waals surface area contributed by atoms with Crippen LogP contribution in [0.25, 0.3) is 10.9 Å². The van der Waals surface area contributed by atoms with Gasteiger partial charge in [-0.05, 0) is 62.3 Å². The van der Waals surface area contributed by atoms with Gasteiger partial charge >= 0.3 is 0 Å². The van der Waals surface area contributed by atoms with Gasteiger partial charge < -0.3 is 10.1 Å². The Kier molecular flexibility index (Phi) is 5.50. The lowest BCUT2D eigenvalue weighted by Gasteiger charge is -2.21. The molecule has 0 saturated heterocycles. The largest absolute Gasteiger partial charge is 0.384 e. The van der Waals surface area contributed by atoms with Crippen molar-refractivity contribution >= 4 is 34.5 Å². The minimum absolute atomic E-state index is 0.673. The normalized spacial score (nSPS) is 13.8. The zero-order valence-electron chi connectivity index (χ0n) is 13.4. The number of halogens is 1. The zero-order valence-corrected chi connectivity index (χ0v) is 14.2. The molecule has 23 heavy (non-hydrogen) atoms. The molecular formula is C19H23ClN2O. The maximum atomic E-state index is 10.4. The Morgan fingerprint density at radius 3 is 2.91 bits per heavy atom. The number of nitrogens with one attached hydrogen (secondary N) is 1. The zero-order chi connectivity index (χ0) is 16.1. The van der Waals surface area contributed by atoms with Crippen LogP contribution in [0.2, 0.25) is 5.02 Å². The number of aromatic nitrogens is 1. The van der Waals surface area contributed by atoms with Crippen LogP contribution in [0.15, 0.2) is 18.2 Å². The monoisotopic (exact) mass is 330 g/mol.